The van der Waals surface area contributed by atoms with Crippen molar-refractivity contribution < 1.29 is 17.6 Å². The zero-order valence-electron chi connectivity index (χ0n) is 11.8. The zero-order valence-corrected chi connectivity index (χ0v) is 11.8. The third-order valence-electron chi connectivity index (χ3n) is 4.37. The molecule has 1 aliphatic carbocycles. The highest BCUT2D eigenvalue weighted by Crippen LogP contribution is 2.42. The molecule has 1 atom stereocenters. The van der Waals surface area contributed by atoms with Gasteiger partial charge in [-0.1, -0.05) is 12.1 Å². The number of hydrogen-bond acceptors (Lipinski definition) is 2. The predicted octanol–water partition coefficient (Wildman–Crippen LogP) is 4.66. The molecule has 1 fully saturated rings. The summed E-state index contributed by atoms with van der Waals surface area (Å²) < 4.78 is 45.9. The van der Waals surface area contributed by atoms with Crippen LogP contribution in [0.3, 0.4) is 0 Å². The Morgan fingerprint density at radius 1 is 1.29 bits per heavy atom. The molecule has 2 nitrogen and oxygen atoms in total. The summed E-state index contributed by atoms with van der Waals surface area (Å²) in [5.41, 5.74) is 0.230. The van der Waals surface area contributed by atoms with Crippen molar-refractivity contribution in [3.63, 3.8) is 0 Å². The maximum Gasteiger partial charge on any atom is 0.248 e. The highest BCUT2D eigenvalue weighted by atomic mass is 19.3. The Labute approximate surface area is 121 Å². The molecule has 0 amide bonds. The Bertz CT molecular complexity index is 627. The van der Waals surface area contributed by atoms with Crippen LogP contribution in [0.25, 0.3) is 11.0 Å². The van der Waals surface area contributed by atoms with Gasteiger partial charge in [0.2, 0.25) is 5.92 Å². The lowest BCUT2D eigenvalue weighted by molar-refractivity contribution is -0.0502. The summed E-state index contributed by atoms with van der Waals surface area (Å²) >= 11 is 0. The molecule has 1 unspecified atom stereocenters. The lowest BCUT2D eigenvalue weighted by Gasteiger charge is -2.32. The van der Waals surface area contributed by atoms with E-state index >= 15 is 0 Å². The van der Waals surface area contributed by atoms with Gasteiger partial charge in [0.25, 0.3) is 0 Å². The van der Waals surface area contributed by atoms with Crippen LogP contribution < -0.4 is 5.32 Å². The van der Waals surface area contributed by atoms with Gasteiger partial charge >= 0.3 is 0 Å². The molecule has 2 aromatic rings. The maximum atomic E-state index is 13.7. The van der Waals surface area contributed by atoms with E-state index in [1.54, 1.807) is 25.2 Å². The van der Waals surface area contributed by atoms with Gasteiger partial charge in [-0.15, -0.1) is 0 Å². The first-order valence-corrected chi connectivity index (χ1v) is 7.23. The van der Waals surface area contributed by atoms with Crippen LogP contribution in [0.5, 0.6) is 0 Å². The van der Waals surface area contributed by atoms with E-state index in [9.17, 15) is 13.2 Å². The third kappa shape index (κ3) is 2.79. The summed E-state index contributed by atoms with van der Waals surface area (Å²) in [6.07, 6.45) is 0.699. The van der Waals surface area contributed by atoms with Gasteiger partial charge in [0.15, 0.2) is 11.4 Å². The summed E-state index contributed by atoms with van der Waals surface area (Å²) in [5.74, 6) is -2.25. The largest absolute Gasteiger partial charge is 0.456 e. The van der Waals surface area contributed by atoms with E-state index in [1.807, 2.05) is 0 Å². The number of hydrogen-bond donors (Lipinski definition) is 1. The van der Waals surface area contributed by atoms with Crippen molar-refractivity contribution in [3.05, 3.63) is 35.8 Å². The number of furan rings is 1. The third-order valence-corrected chi connectivity index (χ3v) is 4.37. The monoisotopic (exact) mass is 297 g/mol. The first-order valence-electron chi connectivity index (χ1n) is 7.23. The first-order chi connectivity index (χ1) is 10.00. The van der Waals surface area contributed by atoms with E-state index < -0.39 is 11.7 Å². The summed E-state index contributed by atoms with van der Waals surface area (Å²) in [7, 11) is 1.78. The van der Waals surface area contributed by atoms with Gasteiger partial charge in [0.1, 0.15) is 5.76 Å². The molecular formula is C16H18F3NO. The Hall–Kier alpha value is -1.49. The number of rotatable bonds is 3. The van der Waals surface area contributed by atoms with E-state index in [1.165, 1.54) is 6.07 Å². The smallest absolute Gasteiger partial charge is 0.248 e. The molecule has 114 valence electrons. The average molecular weight is 297 g/mol. The fraction of sp³-hybridized carbons (Fsp3) is 0.500. The second kappa shape index (κ2) is 5.37. The molecule has 0 radical (unpaired) electrons. The fourth-order valence-electron chi connectivity index (χ4n) is 3.21. The molecule has 21 heavy (non-hydrogen) atoms. The highest BCUT2D eigenvalue weighted by Gasteiger charge is 2.38. The van der Waals surface area contributed by atoms with Crippen molar-refractivity contribution in [3.8, 4) is 0 Å². The number of benzene rings is 1. The number of fused-ring (bicyclic) bond motifs is 1. The average Bonchev–Trinajstić information content (AvgIpc) is 2.86. The van der Waals surface area contributed by atoms with Gasteiger partial charge in [-0.2, -0.15) is 0 Å². The summed E-state index contributed by atoms with van der Waals surface area (Å²) in [6.45, 7) is 0. The molecule has 1 heterocycles. The standard InChI is InChI=1S/C16H18F3NO/c1-20-14(10-5-7-16(18,19)8-6-10)13-9-11-3-2-4-12(17)15(11)21-13/h2-4,9-10,14,20H,5-8H2,1H3. The Morgan fingerprint density at radius 2 is 2.00 bits per heavy atom. The van der Waals surface area contributed by atoms with Crippen molar-refractivity contribution in [2.24, 2.45) is 5.92 Å². The maximum absolute atomic E-state index is 13.7. The van der Waals surface area contributed by atoms with Crippen LogP contribution in [-0.4, -0.2) is 13.0 Å². The topological polar surface area (TPSA) is 25.2 Å². The number of halogens is 3. The van der Waals surface area contributed by atoms with Gasteiger partial charge in [-0.3, -0.25) is 0 Å². The van der Waals surface area contributed by atoms with Crippen LogP contribution in [0.2, 0.25) is 0 Å². The van der Waals surface area contributed by atoms with Gasteiger partial charge in [-0.25, -0.2) is 13.2 Å². The van der Waals surface area contributed by atoms with Crippen LogP contribution in [-0.2, 0) is 0 Å². The van der Waals surface area contributed by atoms with Crippen molar-refractivity contribution in [2.45, 2.75) is 37.6 Å². The predicted molar refractivity (Wildman–Crippen MR) is 74.9 cm³/mol. The molecule has 3 rings (SSSR count). The van der Waals surface area contributed by atoms with Crippen molar-refractivity contribution in [2.75, 3.05) is 7.05 Å². The van der Waals surface area contributed by atoms with Crippen LogP contribution in [0.15, 0.2) is 28.7 Å². The summed E-state index contributed by atoms with van der Waals surface area (Å²) in [6, 6.07) is 6.41. The second-order valence-corrected chi connectivity index (χ2v) is 5.77. The Morgan fingerprint density at radius 3 is 2.62 bits per heavy atom. The summed E-state index contributed by atoms with van der Waals surface area (Å²) in [5, 5.41) is 3.84. The van der Waals surface area contributed by atoms with Crippen molar-refractivity contribution in [1.82, 2.24) is 5.32 Å². The molecule has 5 heteroatoms. The van der Waals surface area contributed by atoms with E-state index in [4.69, 9.17) is 4.42 Å². The second-order valence-electron chi connectivity index (χ2n) is 5.77. The fourth-order valence-corrected chi connectivity index (χ4v) is 3.21. The molecule has 0 aliphatic heterocycles. The normalized spacial score (nSPS) is 20.8. The van der Waals surface area contributed by atoms with Gasteiger partial charge in [0, 0.05) is 18.2 Å². The van der Waals surface area contributed by atoms with Crippen molar-refractivity contribution >= 4 is 11.0 Å². The van der Waals surface area contributed by atoms with Crippen LogP contribution in [0.4, 0.5) is 13.2 Å². The van der Waals surface area contributed by atoms with E-state index in [0.29, 0.717) is 24.0 Å². The molecule has 0 spiro atoms. The Kier molecular flexibility index (Phi) is 3.69. The lowest BCUT2D eigenvalue weighted by atomic mass is 9.81. The quantitative estimate of drug-likeness (QED) is 0.891. The molecule has 1 aromatic carbocycles. The minimum atomic E-state index is -2.55. The highest BCUT2D eigenvalue weighted by molar-refractivity contribution is 5.78. The number of para-hydroxylation sites is 1. The van der Waals surface area contributed by atoms with E-state index in [2.05, 4.69) is 5.32 Å². The summed E-state index contributed by atoms with van der Waals surface area (Å²) in [4.78, 5) is 0. The van der Waals surface area contributed by atoms with Gasteiger partial charge in [0.05, 0.1) is 6.04 Å². The van der Waals surface area contributed by atoms with Crippen LogP contribution in [0.1, 0.15) is 37.5 Å². The first kappa shape index (κ1) is 14.4. The molecule has 1 N–H and O–H groups in total. The lowest BCUT2D eigenvalue weighted by Crippen LogP contribution is -2.32. The van der Waals surface area contributed by atoms with Crippen molar-refractivity contribution in [1.29, 1.82) is 0 Å². The number of alkyl halides is 2. The zero-order chi connectivity index (χ0) is 15.0. The number of nitrogens with one attached hydrogen (secondary N) is 1. The van der Waals surface area contributed by atoms with Crippen LogP contribution in [0, 0.1) is 11.7 Å². The van der Waals surface area contributed by atoms with Gasteiger partial charge in [-0.05, 0) is 37.9 Å². The van der Waals surface area contributed by atoms with Crippen LogP contribution >= 0.6 is 0 Å². The molecule has 0 saturated heterocycles. The Balaban J connectivity index is 1.87. The SMILES string of the molecule is CNC(c1cc2cccc(F)c2o1)C1CCC(F)(F)CC1. The van der Waals surface area contributed by atoms with E-state index in [0.717, 1.165) is 0 Å². The molecular weight excluding hydrogens is 279 g/mol. The molecule has 1 saturated carbocycles. The molecule has 0 bridgehead atoms. The minimum absolute atomic E-state index is 0.0817. The van der Waals surface area contributed by atoms with E-state index in [-0.39, 0.29) is 30.4 Å². The minimum Gasteiger partial charge on any atom is -0.456 e. The van der Waals surface area contributed by atoms with Gasteiger partial charge < -0.3 is 9.73 Å². The molecule has 1 aromatic heterocycles. The molecule has 1 aliphatic rings.